The molecule has 1 rings (SSSR count). The van der Waals surface area contributed by atoms with E-state index < -0.39 is 0 Å². The van der Waals surface area contributed by atoms with Crippen molar-refractivity contribution < 1.29 is 0 Å². The van der Waals surface area contributed by atoms with Gasteiger partial charge in [0, 0.05) is 6.04 Å². The molecule has 1 heterocycles. The highest BCUT2D eigenvalue weighted by Gasteiger charge is 2.18. The zero-order chi connectivity index (χ0) is 9.52. The first-order valence-electron chi connectivity index (χ1n) is 5.34. The van der Waals surface area contributed by atoms with E-state index in [1.165, 1.54) is 25.8 Å². The molecular weight excluding hydrogens is 160 g/mol. The van der Waals surface area contributed by atoms with Crippen LogP contribution in [0.4, 0.5) is 0 Å². The molecule has 13 heavy (non-hydrogen) atoms. The normalized spacial score (nSPS) is 24.6. The summed E-state index contributed by atoms with van der Waals surface area (Å²) in [6, 6.07) is 0.811. The number of hydrogen-bond donors (Lipinski definition) is 1. The van der Waals surface area contributed by atoms with Crippen LogP contribution in [0.15, 0.2) is 12.2 Å². The summed E-state index contributed by atoms with van der Waals surface area (Å²) in [7, 11) is 4.23. The summed E-state index contributed by atoms with van der Waals surface area (Å²) in [5.41, 5.74) is 0. The Hall–Kier alpha value is -0.340. The smallest absolute Gasteiger partial charge is 0.0127 e. The highest BCUT2D eigenvalue weighted by atomic mass is 15.1. The predicted molar refractivity (Wildman–Crippen MR) is 58.0 cm³/mol. The zero-order valence-corrected chi connectivity index (χ0v) is 8.92. The van der Waals surface area contributed by atoms with Gasteiger partial charge in [0.25, 0.3) is 0 Å². The maximum absolute atomic E-state index is 3.14. The molecule has 0 aromatic rings. The van der Waals surface area contributed by atoms with Crippen LogP contribution >= 0.6 is 0 Å². The van der Waals surface area contributed by atoms with Crippen molar-refractivity contribution in [2.24, 2.45) is 0 Å². The molecule has 1 unspecified atom stereocenters. The molecule has 0 aliphatic carbocycles. The van der Waals surface area contributed by atoms with Crippen molar-refractivity contribution in [1.82, 2.24) is 10.2 Å². The highest BCUT2D eigenvalue weighted by Crippen LogP contribution is 2.17. The van der Waals surface area contributed by atoms with Gasteiger partial charge >= 0.3 is 0 Å². The van der Waals surface area contributed by atoms with Crippen LogP contribution in [0.1, 0.15) is 25.7 Å². The first-order chi connectivity index (χ1) is 6.34. The van der Waals surface area contributed by atoms with E-state index in [-0.39, 0.29) is 0 Å². The Balaban J connectivity index is 2.07. The van der Waals surface area contributed by atoms with Crippen LogP contribution in [-0.2, 0) is 0 Å². The number of likely N-dealkylation sites (tertiary alicyclic amines) is 1. The van der Waals surface area contributed by atoms with Crippen LogP contribution in [0.25, 0.3) is 0 Å². The van der Waals surface area contributed by atoms with E-state index in [1.54, 1.807) is 0 Å². The van der Waals surface area contributed by atoms with Crippen molar-refractivity contribution >= 4 is 0 Å². The number of rotatable bonds is 5. The molecule has 1 aliphatic heterocycles. The lowest BCUT2D eigenvalue weighted by molar-refractivity contribution is 0.312. The van der Waals surface area contributed by atoms with Crippen molar-refractivity contribution in [1.29, 1.82) is 0 Å². The molecule has 1 aliphatic rings. The topological polar surface area (TPSA) is 15.3 Å². The second kappa shape index (κ2) is 6.17. The molecule has 0 amide bonds. The molecule has 0 bridgehead atoms. The van der Waals surface area contributed by atoms with E-state index in [9.17, 15) is 0 Å². The van der Waals surface area contributed by atoms with Crippen LogP contribution < -0.4 is 5.32 Å². The molecule has 1 atom stereocenters. The Bertz CT molecular complexity index is 154. The summed E-state index contributed by atoms with van der Waals surface area (Å²) < 4.78 is 0. The second-order valence-electron chi connectivity index (χ2n) is 3.88. The van der Waals surface area contributed by atoms with Crippen LogP contribution in [0.5, 0.6) is 0 Å². The standard InChI is InChI=1S/C11H22N2/c1-12-9-5-3-4-7-11-8-6-10-13(11)2/h3-4,11-12H,5-10H2,1-2H3/b4-3-. The summed E-state index contributed by atoms with van der Waals surface area (Å²) >= 11 is 0. The van der Waals surface area contributed by atoms with E-state index in [2.05, 4.69) is 29.4 Å². The summed E-state index contributed by atoms with van der Waals surface area (Å²) in [4.78, 5) is 2.47. The summed E-state index contributed by atoms with van der Waals surface area (Å²) in [5, 5.41) is 3.14. The van der Waals surface area contributed by atoms with Crippen LogP contribution in [0, 0.1) is 0 Å². The monoisotopic (exact) mass is 182 g/mol. The largest absolute Gasteiger partial charge is 0.319 e. The lowest BCUT2D eigenvalue weighted by Crippen LogP contribution is -2.23. The molecule has 0 saturated carbocycles. The molecule has 1 fully saturated rings. The zero-order valence-electron chi connectivity index (χ0n) is 8.92. The van der Waals surface area contributed by atoms with E-state index in [0.717, 1.165) is 19.0 Å². The molecule has 0 radical (unpaired) electrons. The van der Waals surface area contributed by atoms with Crippen molar-refractivity contribution in [3.05, 3.63) is 12.2 Å². The SMILES string of the molecule is CNCC/C=C\CC1CCCN1C. The van der Waals surface area contributed by atoms with E-state index in [1.807, 2.05) is 7.05 Å². The molecule has 2 heteroatoms. The van der Waals surface area contributed by atoms with Crippen molar-refractivity contribution in [3.8, 4) is 0 Å². The average molecular weight is 182 g/mol. The minimum absolute atomic E-state index is 0.811. The van der Waals surface area contributed by atoms with E-state index in [4.69, 9.17) is 0 Å². The first kappa shape index (κ1) is 10.7. The molecule has 1 saturated heterocycles. The van der Waals surface area contributed by atoms with Gasteiger partial charge in [-0.25, -0.2) is 0 Å². The van der Waals surface area contributed by atoms with Gasteiger partial charge in [0.1, 0.15) is 0 Å². The van der Waals surface area contributed by atoms with Gasteiger partial charge in [-0.2, -0.15) is 0 Å². The maximum Gasteiger partial charge on any atom is 0.0127 e. The van der Waals surface area contributed by atoms with Gasteiger partial charge < -0.3 is 10.2 Å². The third-order valence-corrected chi connectivity index (χ3v) is 2.81. The van der Waals surface area contributed by atoms with Crippen LogP contribution in [-0.4, -0.2) is 38.1 Å². The molecular formula is C11H22N2. The molecule has 1 N–H and O–H groups in total. The predicted octanol–water partition coefficient (Wildman–Crippen LogP) is 1.64. The summed E-state index contributed by atoms with van der Waals surface area (Å²) in [6.07, 6.45) is 9.79. The van der Waals surface area contributed by atoms with Gasteiger partial charge in [-0.3, -0.25) is 0 Å². The molecule has 0 spiro atoms. The first-order valence-corrected chi connectivity index (χ1v) is 5.34. The third kappa shape index (κ3) is 3.92. The fraction of sp³-hybridized carbons (Fsp3) is 0.818. The maximum atomic E-state index is 3.14. The quantitative estimate of drug-likeness (QED) is 0.513. The lowest BCUT2D eigenvalue weighted by atomic mass is 10.1. The molecule has 76 valence electrons. The fourth-order valence-corrected chi connectivity index (χ4v) is 1.88. The van der Waals surface area contributed by atoms with Gasteiger partial charge in [-0.05, 0) is 52.9 Å². The van der Waals surface area contributed by atoms with Crippen molar-refractivity contribution in [3.63, 3.8) is 0 Å². The van der Waals surface area contributed by atoms with E-state index >= 15 is 0 Å². The van der Waals surface area contributed by atoms with Gasteiger partial charge in [0.15, 0.2) is 0 Å². The highest BCUT2D eigenvalue weighted by molar-refractivity contribution is 4.89. The number of nitrogens with zero attached hydrogens (tertiary/aromatic N) is 1. The Morgan fingerprint density at radius 1 is 1.46 bits per heavy atom. The van der Waals surface area contributed by atoms with Crippen LogP contribution in [0.2, 0.25) is 0 Å². The second-order valence-corrected chi connectivity index (χ2v) is 3.88. The van der Waals surface area contributed by atoms with Crippen molar-refractivity contribution in [2.45, 2.75) is 31.7 Å². The molecule has 2 nitrogen and oxygen atoms in total. The lowest BCUT2D eigenvalue weighted by Gasteiger charge is -2.16. The average Bonchev–Trinajstić information content (AvgIpc) is 2.52. The summed E-state index contributed by atoms with van der Waals surface area (Å²) in [5.74, 6) is 0. The minimum atomic E-state index is 0.811. The minimum Gasteiger partial charge on any atom is -0.319 e. The van der Waals surface area contributed by atoms with Crippen molar-refractivity contribution in [2.75, 3.05) is 27.2 Å². The number of nitrogens with one attached hydrogen (secondary N) is 1. The van der Waals surface area contributed by atoms with Gasteiger partial charge in [-0.15, -0.1) is 0 Å². The summed E-state index contributed by atoms with van der Waals surface area (Å²) in [6.45, 7) is 2.38. The Morgan fingerprint density at radius 2 is 2.31 bits per heavy atom. The Labute approximate surface area is 82.0 Å². The Kier molecular flexibility index (Phi) is 5.09. The van der Waals surface area contributed by atoms with Gasteiger partial charge in [-0.1, -0.05) is 12.2 Å². The van der Waals surface area contributed by atoms with Gasteiger partial charge in [0.05, 0.1) is 0 Å². The van der Waals surface area contributed by atoms with E-state index in [0.29, 0.717) is 0 Å². The van der Waals surface area contributed by atoms with Crippen LogP contribution in [0.3, 0.4) is 0 Å². The Morgan fingerprint density at radius 3 is 2.92 bits per heavy atom. The third-order valence-electron chi connectivity index (χ3n) is 2.81. The van der Waals surface area contributed by atoms with Gasteiger partial charge in [0.2, 0.25) is 0 Å². The molecule has 0 aromatic carbocycles. The number of hydrogen-bond acceptors (Lipinski definition) is 2. The fourth-order valence-electron chi connectivity index (χ4n) is 1.88. The molecule has 0 aromatic heterocycles.